The molecule has 0 spiro atoms. The number of hydrogen-bond donors (Lipinski definition) is 1. The number of benzene rings is 2. The molecule has 1 amide bonds. The molecule has 170 valence electrons. The van der Waals surface area contributed by atoms with Crippen molar-refractivity contribution < 1.29 is 27.4 Å². The van der Waals surface area contributed by atoms with Gasteiger partial charge in [-0.25, -0.2) is 13.4 Å². The van der Waals surface area contributed by atoms with Gasteiger partial charge in [0, 0.05) is 18.7 Å². The van der Waals surface area contributed by atoms with Crippen molar-refractivity contribution in [3.63, 3.8) is 0 Å². The van der Waals surface area contributed by atoms with Gasteiger partial charge in [-0.05, 0) is 43.2 Å². The minimum Gasteiger partial charge on any atom is -0.493 e. The third-order valence-corrected chi connectivity index (χ3v) is 8.04. The van der Waals surface area contributed by atoms with Crippen LogP contribution in [0.2, 0.25) is 0 Å². The molecule has 1 saturated heterocycles. The lowest BCUT2D eigenvalue weighted by molar-refractivity contribution is 0.102. The quantitative estimate of drug-likeness (QED) is 0.556. The Morgan fingerprint density at radius 3 is 2.28 bits per heavy atom. The summed E-state index contributed by atoms with van der Waals surface area (Å²) in [6, 6.07) is 7.91. The van der Waals surface area contributed by atoms with Crippen molar-refractivity contribution in [1.29, 1.82) is 0 Å². The summed E-state index contributed by atoms with van der Waals surface area (Å²) in [7, 11) is 0.907. The number of methoxy groups -OCH3 is 3. The largest absolute Gasteiger partial charge is 0.493 e. The highest BCUT2D eigenvalue weighted by Gasteiger charge is 2.27. The summed E-state index contributed by atoms with van der Waals surface area (Å²) in [5.41, 5.74) is 0.909. The van der Waals surface area contributed by atoms with E-state index in [4.69, 9.17) is 14.2 Å². The van der Waals surface area contributed by atoms with E-state index in [1.807, 2.05) is 0 Å². The predicted molar refractivity (Wildman–Crippen MR) is 122 cm³/mol. The number of nitrogens with one attached hydrogen (secondary N) is 1. The van der Waals surface area contributed by atoms with Gasteiger partial charge in [-0.15, -0.1) is 0 Å². The Labute approximate surface area is 190 Å². The first-order valence-corrected chi connectivity index (χ1v) is 12.1. The number of carbonyl (C=O) groups is 1. The summed E-state index contributed by atoms with van der Waals surface area (Å²) in [6.07, 6.45) is 1.75. The molecule has 0 atom stereocenters. The number of fused-ring (bicyclic) bond motifs is 1. The Hall–Kier alpha value is -2.89. The molecule has 0 radical (unpaired) electrons. The number of hydrogen-bond acceptors (Lipinski definition) is 8. The second-order valence-corrected chi connectivity index (χ2v) is 10.1. The molecule has 0 bridgehead atoms. The Kier molecular flexibility index (Phi) is 6.22. The van der Waals surface area contributed by atoms with Gasteiger partial charge < -0.3 is 14.2 Å². The van der Waals surface area contributed by atoms with Crippen molar-refractivity contribution in [3.05, 3.63) is 35.9 Å². The van der Waals surface area contributed by atoms with Gasteiger partial charge in [-0.2, -0.15) is 4.31 Å². The van der Waals surface area contributed by atoms with Crippen molar-refractivity contribution in [3.8, 4) is 17.2 Å². The molecule has 1 aromatic heterocycles. The van der Waals surface area contributed by atoms with Gasteiger partial charge in [0.15, 0.2) is 16.6 Å². The van der Waals surface area contributed by atoms with E-state index in [1.54, 1.807) is 30.3 Å². The highest BCUT2D eigenvalue weighted by Crippen LogP contribution is 2.38. The minimum absolute atomic E-state index is 0.234. The number of thiazole rings is 1. The number of rotatable bonds is 7. The predicted octanol–water partition coefficient (Wildman–Crippen LogP) is 3.36. The SMILES string of the molecule is COc1cc(C(=O)Nc2nc3ccc(S(=O)(=O)N4CCCC4)cc3s2)cc(OC)c1OC. The first kappa shape index (κ1) is 22.3. The van der Waals surface area contributed by atoms with E-state index >= 15 is 0 Å². The van der Waals surface area contributed by atoms with E-state index in [0.29, 0.717) is 51.2 Å². The minimum atomic E-state index is -3.52. The van der Waals surface area contributed by atoms with Crippen LogP contribution < -0.4 is 19.5 Å². The molecule has 2 aromatic carbocycles. The highest BCUT2D eigenvalue weighted by molar-refractivity contribution is 7.89. The molecule has 11 heteroatoms. The summed E-state index contributed by atoms with van der Waals surface area (Å²) in [4.78, 5) is 17.5. The van der Waals surface area contributed by atoms with E-state index in [2.05, 4.69) is 10.3 Å². The molecule has 0 saturated carbocycles. The number of sulfonamides is 1. The summed E-state index contributed by atoms with van der Waals surface area (Å²) < 4.78 is 43.7. The average molecular weight is 478 g/mol. The second-order valence-electron chi connectivity index (χ2n) is 7.13. The van der Waals surface area contributed by atoms with Crippen LogP contribution in [-0.2, 0) is 10.0 Å². The lowest BCUT2D eigenvalue weighted by Gasteiger charge is -2.15. The highest BCUT2D eigenvalue weighted by atomic mass is 32.2. The molecule has 1 fully saturated rings. The lowest BCUT2D eigenvalue weighted by atomic mass is 10.1. The van der Waals surface area contributed by atoms with Gasteiger partial charge in [0.1, 0.15) is 0 Å². The summed E-state index contributed by atoms with van der Waals surface area (Å²) >= 11 is 1.21. The molecule has 32 heavy (non-hydrogen) atoms. The van der Waals surface area contributed by atoms with Crippen LogP contribution in [0.15, 0.2) is 35.2 Å². The topological polar surface area (TPSA) is 107 Å². The molecule has 4 rings (SSSR count). The number of anilines is 1. The number of nitrogens with zero attached hydrogens (tertiary/aromatic N) is 2. The van der Waals surface area contributed by atoms with Crippen molar-refractivity contribution in [2.24, 2.45) is 0 Å². The fourth-order valence-corrected chi connectivity index (χ4v) is 6.10. The Bertz CT molecular complexity index is 1240. The second kappa shape index (κ2) is 8.93. The normalized spacial score (nSPS) is 14.5. The average Bonchev–Trinajstić information content (AvgIpc) is 3.47. The molecular weight excluding hydrogens is 454 g/mol. The van der Waals surface area contributed by atoms with Crippen molar-refractivity contribution in [2.75, 3.05) is 39.7 Å². The number of amides is 1. The maximum absolute atomic E-state index is 12.8. The van der Waals surface area contributed by atoms with Gasteiger partial charge in [0.2, 0.25) is 15.8 Å². The molecule has 1 aliphatic rings. The Balaban J connectivity index is 1.60. The summed E-state index contributed by atoms with van der Waals surface area (Å²) in [6.45, 7) is 1.08. The zero-order valence-corrected chi connectivity index (χ0v) is 19.5. The number of ether oxygens (including phenoxy) is 3. The third kappa shape index (κ3) is 4.10. The molecule has 1 N–H and O–H groups in total. The number of carbonyl (C=O) groups excluding carboxylic acids is 1. The molecule has 2 heterocycles. The lowest BCUT2D eigenvalue weighted by Crippen LogP contribution is -2.27. The molecule has 3 aromatic rings. The third-order valence-electron chi connectivity index (χ3n) is 5.21. The monoisotopic (exact) mass is 477 g/mol. The smallest absolute Gasteiger partial charge is 0.257 e. The zero-order valence-electron chi connectivity index (χ0n) is 17.9. The summed E-state index contributed by atoms with van der Waals surface area (Å²) in [5, 5.41) is 3.11. The van der Waals surface area contributed by atoms with Crippen LogP contribution in [0.3, 0.4) is 0 Å². The van der Waals surface area contributed by atoms with E-state index in [1.165, 1.54) is 37.0 Å². The van der Waals surface area contributed by atoms with Crippen LogP contribution >= 0.6 is 11.3 Å². The van der Waals surface area contributed by atoms with Crippen LogP contribution in [-0.4, -0.2) is 58.0 Å². The fraction of sp³-hybridized carbons (Fsp3) is 0.333. The van der Waals surface area contributed by atoms with E-state index < -0.39 is 15.9 Å². The molecule has 1 aliphatic heterocycles. The molecule has 0 unspecified atom stereocenters. The Morgan fingerprint density at radius 2 is 1.69 bits per heavy atom. The molecule has 9 nitrogen and oxygen atoms in total. The summed E-state index contributed by atoms with van der Waals surface area (Å²) in [5.74, 6) is 0.697. The van der Waals surface area contributed by atoms with Crippen molar-refractivity contribution >= 4 is 42.6 Å². The van der Waals surface area contributed by atoms with Gasteiger partial charge in [0.25, 0.3) is 5.91 Å². The van der Waals surface area contributed by atoms with Crippen LogP contribution in [0, 0.1) is 0 Å². The number of aromatic nitrogens is 1. The van der Waals surface area contributed by atoms with Gasteiger partial charge in [-0.1, -0.05) is 11.3 Å². The van der Waals surface area contributed by atoms with Gasteiger partial charge in [-0.3, -0.25) is 10.1 Å². The fourth-order valence-electron chi connectivity index (χ4n) is 3.58. The van der Waals surface area contributed by atoms with Crippen LogP contribution in [0.25, 0.3) is 10.2 Å². The molecule has 0 aliphatic carbocycles. The Morgan fingerprint density at radius 1 is 1.03 bits per heavy atom. The van der Waals surface area contributed by atoms with E-state index in [9.17, 15) is 13.2 Å². The van der Waals surface area contributed by atoms with Gasteiger partial charge >= 0.3 is 0 Å². The van der Waals surface area contributed by atoms with Crippen LogP contribution in [0.4, 0.5) is 5.13 Å². The van der Waals surface area contributed by atoms with Gasteiger partial charge in [0.05, 0.1) is 36.4 Å². The van der Waals surface area contributed by atoms with Crippen molar-refractivity contribution in [2.45, 2.75) is 17.7 Å². The maximum atomic E-state index is 12.8. The first-order chi connectivity index (χ1) is 15.4. The molecular formula is C21H23N3O6S2. The van der Waals surface area contributed by atoms with Crippen molar-refractivity contribution in [1.82, 2.24) is 9.29 Å². The standard InChI is InChI=1S/C21H23N3O6S2/c1-28-16-10-13(11-17(29-2)19(16)30-3)20(25)23-21-22-15-7-6-14(12-18(15)31-21)32(26,27)24-8-4-5-9-24/h6-7,10-12H,4-5,8-9H2,1-3H3,(H,22,23,25). The van der Waals surface area contributed by atoms with Crippen LogP contribution in [0.1, 0.15) is 23.2 Å². The van der Waals surface area contributed by atoms with E-state index in [0.717, 1.165) is 12.8 Å². The van der Waals surface area contributed by atoms with Crippen LogP contribution in [0.5, 0.6) is 17.2 Å². The first-order valence-electron chi connectivity index (χ1n) is 9.89. The zero-order chi connectivity index (χ0) is 22.9. The van der Waals surface area contributed by atoms with E-state index in [-0.39, 0.29) is 4.90 Å². The maximum Gasteiger partial charge on any atom is 0.257 e.